The van der Waals surface area contributed by atoms with Gasteiger partial charge in [0.25, 0.3) is 0 Å². The molecule has 0 aliphatic carbocycles. The molecule has 18 heavy (non-hydrogen) atoms. The molecule has 0 bridgehead atoms. The Morgan fingerprint density at radius 2 is 1.33 bits per heavy atom. The summed E-state index contributed by atoms with van der Waals surface area (Å²) < 4.78 is 4.50. The average molecular weight is 269 g/mol. The van der Waals surface area contributed by atoms with Gasteiger partial charge in [0.15, 0.2) is 0 Å². The van der Waals surface area contributed by atoms with Gasteiger partial charge in [0, 0.05) is 27.8 Å². The van der Waals surface area contributed by atoms with E-state index in [1.165, 1.54) is 28.0 Å². The van der Waals surface area contributed by atoms with Gasteiger partial charge in [-0.1, -0.05) is 72.4 Å². The predicted molar refractivity (Wildman–Crippen MR) is 82.6 cm³/mol. The van der Waals surface area contributed by atoms with Crippen molar-refractivity contribution in [1.82, 2.24) is 0 Å². The van der Waals surface area contributed by atoms with E-state index < -0.39 is 0 Å². The van der Waals surface area contributed by atoms with E-state index in [9.17, 15) is 0 Å². The smallest absolute Gasteiger partial charge is 0.117 e. The highest BCUT2D eigenvalue weighted by Crippen LogP contribution is 2.37. The Morgan fingerprint density at radius 1 is 0.722 bits per heavy atom. The number of nitrogens with zero attached hydrogens (tertiary/aromatic N) is 1. The monoisotopic (exact) mass is 269 g/mol. The minimum atomic E-state index is 1.07. The first-order chi connectivity index (χ1) is 8.93. The molecular formula is C15H11NS2. The molecule has 0 unspecified atom stereocenters. The Kier molecular flexibility index (Phi) is 3.53. The molecule has 1 aliphatic heterocycles. The van der Waals surface area contributed by atoms with Crippen LogP contribution in [0.4, 0.5) is 0 Å². The molecule has 0 fully saturated rings. The largest absolute Gasteiger partial charge is 0.204 e. The normalized spacial score (nSPS) is 14.9. The van der Waals surface area contributed by atoms with E-state index in [0.29, 0.717) is 0 Å². The number of hydrogen-bond acceptors (Lipinski definition) is 3. The lowest BCUT2D eigenvalue weighted by atomic mass is 10.2. The van der Waals surface area contributed by atoms with Gasteiger partial charge < -0.3 is 0 Å². The van der Waals surface area contributed by atoms with E-state index in [-0.39, 0.29) is 0 Å². The Balaban J connectivity index is 1.85. The van der Waals surface area contributed by atoms with E-state index in [4.69, 9.17) is 0 Å². The summed E-state index contributed by atoms with van der Waals surface area (Å²) in [7, 11) is 0. The fraction of sp³-hybridized carbons (Fsp3) is 0. The minimum Gasteiger partial charge on any atom is -0.204 e. The molecule has 0 atom stereocenters. The molecule has 0 radical (unpaired) electrons. The summed E-state index contributed by atoms with van der Waals surface area (Å²) in [5.74, 6) is 0. The summed E-state index contributed by atoms with van der Waals surface area (Å²) in [6.07, 6.45) is 0. The summed E-state index contributed by atoms with van der Waals surface area (Å²) in [6, 6.07) is 20.7. The van der Waals surface area contributed by atoms with E-state index in [1.54, 1.807) is 11.8 Å². The summed E-state index contributed by atoms with van der Waals surface area (Å²) >= 11 is 3.23. The van der Waals surface area contributed by atoms with Crippen molar-refractivity contribution in [3.63, 3.8) is 0 Å². The van der Waals surface area contributed by atoms with Crippen LogP contribution in [-0.2, 0) is 0 Å². The highest BCUT2D eigenvalue weighted by Gasteiger charge is 2.13. The van der Waals surface area contributed by atoms with Crippen molar-refractivity contribution < 1.29 is 0 Å². The van der Waals surface area contributed by atoms with Gasteiger partial charge >= 0.3 is 0 Å². The van der Waals surface area contributed by atoms with Crippen molar-refractivity contribution >= 4 is 33.7 Å². The van der Waals surface area contributed by atoms with Gasteiger partial charge in [0.1, 0.15) is 5.04 Å². The topological polar surface area (TPSA) is 12.4 Å². The van der Waals surface area contributed by atoms with Crippen molar-refractivity contribution in [1.29, 1.82) is 0 Å². The minimum absolute atomic E-state index is 1.07. The molecule has 0 spiro atoms. The van der Waals surface area contributed by atoms with Crippen molar-refractivity contribution in [2.45, 2.75) is 0 Å². The van der Waals surface area contributed by atoms with Gasteiger partial charge in [-0.05, 0) is 5.56 Å². The van der Waals surface area contributed by atoms with Crippen LogP contribution < -0.4 is 0 Å². The molecule has 1 nitrogen and oxygen atoms in total. The molecule has 1 aliphatic rings. The maximum Gasteiger partial charge on any atom is 0.117 e. The third-order valence-corrected chi connectivity index (χ3v) is 4.57. The first-order valence-electron chi connectivity index (χ1n) is 5.66. The third-order valence-electron chi connectivity index (χ3n) is 2.58. The zero-order chi connectivity index (χ0) is 12.2. The molecule has 0 aromatic heterocycles. The standard InChI is InChI=1S/C15H11NS2/c1-3-7-12(8-4-1)14-11-17-16-15(18-14)13-9-5-2-6-10-13/h1-11H. The van der Waals surface area contributed by atoms with Gasteiger partial charge in [-0.15, -0.1) is 0 Å². The first kappa shape index (κ1) is 11.6. The van der Waals surface area contributed by atoms with E-state index in [0.717, 1.165) is 5.04 Å². The third kappa shape index (κ3) is 2.52. The van der Waals surface area contributed by atoms with Crippen LogP contribution >= 0.6 is 23.7 Å². The van der Waals surface area contributed by atoms with Crippen LogP contribution in [0.2, 0.25) is 0 Å². The fourth-order valence-corrected chi connectivity index (χ4v) is 3.49. The first-order valence-corrected chi connectivity index (χ1v) is 7.31. The molecule has 1 heterocycles. The van der Waals surface area contributed by atoms with Gasteiger partial charge in [0.05, 0.1) is 0 Å². The van der Waals surface area contributed by atoms with Crippen molar-refractivity contribution in [2.75, 3.05) is 0 Å². The summed E-state index contributed by atoms with van der Waals surface area (Å²) in [5, 5.41) is 3.17. The zero-order valence-corrected chi connectivity index (χ0v) is 11.2. The van der Waals surface area contributed by atoms with Gasteiger partial charge in [0.2, 0.25) is 0 Å². The number of hydrogen-bond donors (Lipinski definition) is 0. The average Bonchev–Trinajstić information content (AvgIpc) is 2.49. The molecule has 2 aromatic carbocycles. The van der Waals surface area contributed by atoms with Crippen LogP contribution in [0.15, 0.2) is 70.5 Å². The molecule has 2 aromatic rings. The lowest BCUT2D eigenvalue weighted by Gasteiger charge is -2.13. The Labute approximate surface area is 115 Å². The lowest BCUT2D eigenvalue weighted by molar-refractivity contribution is 1.65. The molecule has 0 saturated carbocycles. The quantitative estimate of drug-likeness (QED) is 0.724. The van der Waals surface area contributed by atoms with Crippen LogP contribution in [0.3, 0.4) is 0 Å². The summed E-state index contributed by atoms with van der Waals surface area (Å²) in [4.78, 5) is 1.26. The second-order valence-electron chi connectivity index (χ2n) is 3.82. The van der Waals surface area contributed by atoms with Crippen molar-refractivity contribution in [3.8, 4) is 0 Å². The SMILES string of the molecule is C1=C(c2ccccc2)SC(c2ccccc2)=NS1. The van der Waals surface area contributed by atoms with E-state index in [1.807, 2.05) is 24.3 Å². The van der Waals surface area contributed by atoms with Gasteiger partial charge in [-0.2, -0.15) is 0 Å². The van der Waals surface area contributed by atoms with Crippen LogP contribution in [0.5, 0.6) is 0 Å². The van der Waals surface area contributed by atoms with Crippen molar-refractivity contribution in [2.24, 2.45) is 4.40 Å². The van der Waals surface area contributed by atoms with Gasteiger partial charge in [-0.25, -0.2) is 4.40 Å². The molecule has 0 saturated heterocycles. The highest BCUT2D eigenvalue weighted by molar-refractivity contribution is 8.24. The molecule has 0 amide bonds. The van der Waals surface area contributed by atoms with E-state index >= 15 is 0 Å². The molecular weight excluding hydrogens is 258 g/mol. The Hall–Kier alpha value is -1.45. The number of rotatable bonds is 2. The Bertz CT molecular complexity index is 535. The van der Waals surface area contributed by atoms with Crippen LogP contribution in [0, 0.1) is 0 Å². The highest BCUT2D eigenvalue weighted by atomic mass is 32.2. The molecule has 3 heteroatoms. The van der Waals surface area contributed by atoms with Crippen molar-refractivity contribution in [3.05, 3.63) is 77.2 Å². The summed E-state index contributed by atoms with van der Waals surface area (Å²) in [5.41, 5.74) is 2.43. The predicted octanol–water partition coefficient (Wildman–Crippen LogP) is 4.83. The second kappa shape index (κ2) is 5.46. The molecule has 88 valence electrons. The fourth-order valence-electron chi connectivity index (χ4n) is 1.69. The number of thioether (sulfide) groups is 1. The maximum atomic E-state index is 4.50. The van der Waals surface area contributed by atoms with E-state index in [2.05, 4.69) is 46.2 Å². The lowest BCUT2D eigenvalue weighted by Crippen LogP contribution is -1.97. The molecule has 3 rings (SSSR count). The molecule has 0 N–H and O–H groups in total. The maximum absolute atomic E-state index is 4.50. The van der Waals surface area contributed by atoms with Gasteiger partial charge in [-0.3, -0.25) is 0 Å². The van der Waals surface area contributed by atoms with Crippen LogP contribution in [0.25, 0.3) is 4.91 Å². The second-order valence-corrected chi connectivity index (χ2v) is 5.48. The van der Waals surface area contributed by atoms with Crippen LogP contribution in [0.1, 0.15) is 11.1 Å². The summed E-state index contributed by atoms with van der Waals surface area (Å²) in [6.45, 7) is 0. The zero-order valence-electron chi connectivity index (χ0n) is 9.61. The van der Waals surface area contributed by atoms with Crippen LogP contribution in [-0.4, -0.2) is 5.04 Å². The Morgan fingerprint density at radius 3 is 2.00 bits per heavy atom. The number of benzene rings is 2.